The van der Waals surface area contributed by atoms with Crippen LogP contribution in [0.15, 0.2) is 18.2 Å². The molecule has 0 radical (unpaired) electrons. The van der Waals surface area contributed by atoms with Crippen LogP contribution >= 0.6 is 0 Å². The van der Waals surface area contributed by atoms with Crippen LogP contribution in [0.3, 0.4) is 0 Å². The first-order valence-corrected chi connectivity index (χ1v) is 7.96. The van der Waals surface area contributed by atoms with E-state index in [4.69, 9.17) is 4.74 Å². The predicted octanol–water partition coefficient (Wildman–Crippen LogP) is 1.26. The molecule has 0 aliphatic rings. The minimum atomic E-state index is -1.65. The quantitative estimate of drug-likeness (QED) is 0.202. The largest absolute Gasteiger partial charge is 0.504 e. The Morgan fingerprint density at radius 1 is 1.04 bits per heavy atom. The van der Waals surface area contributed by atoms with Crippen LogP contribution < -0.4 is 10.9 Å². The SMILES string of the molecule is CC(C)(C)C(=O)OCOC(=O)NNC(C)(Cc1ccc(O)c(O)c1)C(=O)O. The summed E-state index contributed by atoms with van der Waals surface area (Å²) < 4.78 is 9.41. The molecule has 1 rings (SSSR count). The molecule has 0 saturated heterocycles. The van der Waals surface area contributed by atoms with Crippen molar-refractivity contribution in [2.75, 3.05) is 6.79 Å². The van der Waals surface area contributed by atoms with Crippen LogP contribution in [0, 0.1) is 5.41 Å². The summed E-state index contributed by atoms with van der Waals surface area (Å²) in [7, 11) is 0. The van der Waals surface area contributed by atoms with Gasteiger partial charge in [0.25, 0.3) is 0 Å². The molecule has 1 aromatic rings. The van der Waals surface area contributed by atoms with Crippen LogP contribution in [0.2, 0.25) is 0 Å². The third-order valence-electron chi connectivity index (χ3n) is 3.50. The molecule has 5 N–H and O–H groups in total. The Morgan fingerprint density at radius 3 is 2.19 bits per heavy atom. The van der Waals surface area contributed by atoms with Gasteiger partial charge in [-0.1, -0.05) is 6.07 Å². The van der Waals surface area contributed by atoms with Crippen molar-refractivity contribution < 1.29 is 39.2 Å². The van der Waals surface area contributed by atoms with Gasteiger partial charge in [0.2, 0.25) is 6.79 Å². The third-order valence-corrected chi connectivity index (χ3v) is 3.50. The lowest BCUT2D eigenvalue weighted by Crippen LogP contribution is -2.58. The molecule has 10 heteroatoms. The Bertz CT molecular complexity index is 713. The molecule has 0 fully saturated rings. The van der Waals surface area contributed by atoms with Crippen LogP contribution in [0.25, 0.3) is 0 Å². The van der Waals surface area contributed by atoms with Gasteiger partial charge in [0.05, 0.1) is 5.41 Å². The summed E-state index contributed by atoms with van der Waals surface area (Å²) in [5.74, 6) is -2.58. The van der Waals surface area contributed by atoms with E-state index in [9.17, 15) is 29.7 Å². The van der Waals surface area contributed by atoms with E-state index in [1.165, 1.54) is 25.1 Å². The number of aliphatic carboxylic acids is 1. The summed E-state index contributed by atoms with van der Waals surface area (Å²) in [5, 5.41) is 28.2. The molecule has 1 aromatic carbocycles. The molecule has 150 valence electrons. The first-order chi connectivity index (χ1) is 12.3. The highest BCUT2D eigenvalue weighted by atomic mass is 16.7. The number of carbonyl (C=O) groups is 3. The minimum Gasteiger partial charge on any atom is -0.504 e. The van der Waals surface area contributed by atoms with Gasteiger partial charge < -0.3 is 24.8 Å². The van der Waals surface area contributed by atoms with Crippen molar-refractivity contribution in [3.63, 3.8) is 0 Å². The lowest BCUT2D eigenvalue weighted by molar-refractivity contribution is -0.161. The maximum atomic E-state index is 11.6. The van der Waals surface area contributed by atoms with Gasteiger partial charge in [-0.3, -0.25) is 15.0 Å². The molecular weight excluding hydrogens is 360 g/mol. The Kier molecular flexibility index (Phi) is 7.00. The topological polar surface area (TPSA) is 154 Å². The van der Waals surface area contributed by atoms with E-state index in [-0.39, 0.29) is 12.2 Å². The number of carbonyl (C=O) groups excluding carboxylic acids is 2. The maximum absolute atomic E-state index is 11.6. The van der Waals surface area contributed by atoms with Crippen molar-refractivity contribution in [1.82, 2.24) is 10.9 Å². The third kappa shape index (κ3) is 6.66. The number of aromatic hydroxyl groups is 2. The Balaban J connectivity index is 2.61. The van der Waals surface area contributed by atoms with Crippen LogP contribution in [-0.4, -0.2) is 45.7 Å². The summed E-state index contributed by atoms with van der Waals surface area (Å²) in [6, 6.07) is 3.86. The molecular formula is C17H24N2O8. The number of amides is 1. The number of hydrazine groups is 1. The van der Waals surface area contributed by atoms with Crippen molar-refractivity contribution in [2.45, 2.75) is 39.7 Å². The van der Waals surface area contributed by atoms with E-state index in [0.29, 0.717) is 5.56 Å². The van der Waals surface area contributed by atoms with Gasteiger partial charge in [-0.25, -0.2) is 10.2 Å². The summed E-state index contributed by atoms with van der Waals surface area (Å²) in [6.45, 7) is 5.58. The second-order valence-corrected chi connectivity index (χ2v) is 7.12. The molecule has 1 atom stereocenters. The Hall–Kier alpha value is -3.01. The fraction of sp³-hybridized carbons (Fsp3) is 0.471. The van der Waals surface area contributed by atoms with E-state index < -0.39 is 41.5 Å². The molecule has 27 heavy (non-hydrogen) atoms. The van der Waals surface area contributed by atoms with Gasteiger partial charge in [-0.2, -0.15) is 0 Å². The van der Waals surface area contributed by atoms with Crippen molar-refractivity contribution in [3.8, 4) is 11.5 Å². The lowest BCUT2D eigenvalue weighted by Gasteiger charge is -2.26. The second kappa shape index (κ2) is 8.58. The van der Waals surface area contributed by atoms with E-state index >= 15 is 0 Å². The van der Waals surface area contributed by atoms with Crippen molar-refractivity contribution >= 4 is 18.0 Å². The number of esters is 1. The molecule has 0 heterocycles. The number of carboxylic acids is 1. The van der Waals surface area contributed by atoms with Crippen molar-refractivity contribution in [2.24, 2.45) is 5.41 Å². The molecule has 0 bridgehead atoms. The summed E-state index contributed by atoms with van der Waals surface area (Å²) in [4.78, 5) is 34.8. The Morgan fingerprint density at radius 2 is 1.67 bits per heavy atom. The number of phenolic OH excluding ortho intramolecular Hbond substituents is 2. The minimum absolute atomic E-state index is 0.130. The predicted molar refractivity (Wildman–Crippen MR) is 92.7 cm³/mol. The Labute approximate surface area is 156 Å². The van der Waals surface area contributed by atoms with E-state index in [0.717, 1.165) is 0 Å². The van der Waals surface area contributed by atoms with Crippen LogP contribution in [0.5, 0.6) is 11.5 Å². The van der Waals surface area contributed by atoms with Crippen LogP contribution in [0.1, 0.15) is 33.3 Å². The highest BCUT2D eigenvalue weighted by Crippen LogP contribution is 2.26. The molecule has 0 spiro atoms. The van der Waals surface area contributed by atoms with Gasteiger partial charge in [-0.05, 0) is 45.4 Å². The average molecular weight is 384 g/mol. The molecule has 0 aromatic heterocycles. The van der Waals surface area contributed by atoms with Crippen LogP contribution in [-0.2, 0) is 25.5 Å². The molecule has 0 aliphatic heterocycles. The van der Waals surface area contributed by atoms with Gasteiger partial charge in [-0.15, -0.1) is 0 Å². The van der Waals surface area contributed by atoms with Gasteiger partial charge in [0.1, 0.15) is 5.54 Å². The number of hydrogen-bond acceptors (Lipinski definition) is 8. The zero-order chi connectivity index (χ0) is 20.8. The zero-order valence-corrected chi connectivity index (χ0v) is 15.5. The molecule has 1 amide bonds. The first-order valence-electron chi connectivity index (χ1n) is 7.96. The van der Waals surface area contributed by atoms with Gasteiger partial charge in [0, 0.05) is 6.42 Å². The summed E-state index contributed by atoms with van der Waals surface area (Å²) >= 11 is 0. The summed E-state index contributed by atoms with van der Waals surface area (Å²) in [6.07, 6.45) is -1.17. The number of ether oxygens (including phenoxy) is 2. The van der Waals surface area contributed by atoms with E-state index in [1.54, 1.807) is 20.8 Å². The van der Waals surface area contributed by atoms with Crippen LogP contribution in [0.4, 0.5) is 4.79 Å². The maximum Gasteiger partial charge on any atom is 0.424 e. The molecule has 0 aliphatic carbocycles. The zero-order valence-electron chi connectivity index (χ0n) is 15.5. The van der Waals surface area contributed by atoms with E-state index in [1.807, 2.05) is 0 Å². The normalized spacial score (nSPS) is 13.3. The number of nitrogens with one attached hydrogen (secondary N) is 2. The lowest BCUT2D eigenvalue weighted by atomic mass is 9.93. The van der Waals surface area contributed by atoms with E-state index in [2.05, 4.69) is 15.6 Å². The number of carboxylic acid groups (broad SMARTS) is 1. The fourth-order valence-electron chi connectivity index (χ4n) is 1.84. The smallest absolute Gasteiger partial charge is 0.424 e. The average Bonchev–Trinajstić information content (AvgIpc) is 2.55. The van der Waals surface area contributed by atoms with Crippen molar-refractivity contribution in [1.29, 1.82) is 0 Å². The standard InChI is InChI=1S/C17H24N2O8/c1-16(2,3)14(24)26-9-27-15(25)18-19-17(4,13(22)23)8-10-5-6-11(20)12(21)7-10/h5-7,19-21H,8-9H2,1-4H3,(H,18,25)(H,22,23). The highest BCUT2D eigenvalue weighted by Gasteiger charge is 2.34. The molecule has 10 nitrogen and oxygen atoms in total. The second-order valence-electron chi connectivity index (χ2n) is 7.12. The first kappa shape index (κ1) is 22.0. The summed E-state index contributed by atoms with van der Waals surface area (Å²) in [5.41, 5.74) is 2.40. The highest BCUT2D eigenvalue weighted by molar-refractivity contribution is 5.79. The number of benzene rings is 1. The van der Waals surface area contributed by atoms with Gasteiger partial charge in [0.15, 0.2) is 11.5 Å². The van der Waals surface area contributed by atoms with Gasteiger partial charge >= 0.3 is 18.0 Å². The number of hydrogen-bond donors (Lipinski definition) is 5. The number of rotatable bonds is 7. The molecule has 0 saturated carbocycles. The monoisotopic (exact) mass is 384 g/mol. The number of phenols is 2. The molecule has 1 unspecified atom stereocenters. The fourth-order valence-corrected chi connectivity index (χ4v) is 1.84. The van der Waals surface area contributed by atoms with Crippen molar-refractivity contribution in [3.05, 3.63) is 23.8 Å².